The maximum atomic E-state index is 5.92. The molecule has 0 aliphatic heterocycles. The lowest BCUT2D eigenvalue weighted by Crippen LogP contribution is -1.95. The van der Waals surface area contributed by atoms with Gasteiger partial charge in [0, 0.05) is 22.3 Å². The number of hydrogen-bond donors (Lipinski definition) is 1. The standard InChI is InChI=1S/C17H15ClN2O2/c1-3-21-11(2)17-16(14-8-9-19-10-15(14)22-17)20-13-6-4-12(18)5-7-13/h4-10,20H,2-3H2,1H3. The Labute approximate surface area is 133 Å². The molecule has 4 nitrogen and oxygen atoms in total. The largest absolute Gasteiger partial charge is 0.491 e. The van der Waals surface area contributed by atoms with Crippen LogP contribution in [0, 0.1) is 0 Å². The Balaban J connectivity index is 2.07. The summed E-state index contributed by atoms with van der Waals surface area (Å²) < 4.78 is 11.3. The van der Waals surface area contributed by atoms with Crippen LogP contribution in [0.25, 0.3) is 16.7 Å². The van der Waals surface area contributed by atoms with Crippen molar-refractivity contribution in [1.29, 1.82) is 0 Å². The van der Waals surface area contributed by atoms with E-state index in [1.165, 1.54) is 0 Å². The fourth-order valence-corrected chi connectivity index (χ4v) is 2.31. The van der Waals surface area contributed by atoms with Gasteiger partial charge in [-0.05, 0) is 37.3 Å². The van der Waals surface area contributed by atoms with Crippen LogP contribution in [0.15, 0.2) is 53.7 Å². The SMILES string of the molecule is C=C(OCC)c1oc2cnccc2c1Nc1ccc(Cl)cc1. The van der Waals surface area contributed by atoms with Gasteiger partial charge in [-0.1, -0.05) is 18.2 Å². The molecule has 5 heteroatoms. The highest BCUT2D eigenvalue weighted by Crippen LogP contribution is 2.36. The third kappa shape index (κ3) is 2.78. The summed E-state index contributed by atoms with van der Waals surface area (Å²) in [5.41, 5.74) is 2.38. The van der Waals surface area contributed by atoms with Crippen molar-refractivity contribution in [2.45, 2.75) is 6.92 Å². The Bertz CT molecular complexity index is 809. The number of halogens is 1. The quantitative estimate of drug-likeness (QED) is 0.655. The van der Waals surface area contributed by atoms with E-state index in [0.29, 0.717) is 28.7 Å². The van der Waals surface area contributed by atoms with Crippen LogP contribution in [-0.4, -0.2) is 11.6 Å². The van der Waals surface area contributed by atoms with E-state index in [1.807, 2.05) is 37.3 Å². The number of hydrogen-bond acceptors (Lipinski definition) is 4. The molecule has 1 N–H and O–H groups in total. The van der Waals surface area contributed by atoms with Gasteiger partial charge >= 0.3 is 0 Å². The summed E-state index contributed by atoms with van der Waals surface area (Å²) in [6.45, 7) is 6.36. The maximum absolute atomic E-state index is 5.92. The molecule has 2 aromatic heterocycles. The Hall–Kier alpha value is -2.46. The van der Waals surface area contributed by atoms with E-state index in [2.05, 4.69) is 16.9 Å². The summed E-state index contributed by atoms with van der Waals surface area (Å²) in [6.07, 6.45) is 3.39. The second-order valence-electron chi connectivity index (χ2n) is 4.67. The zero-order chi connectivity index (χ0) is 15.5. The van der Waals surface area contributed by atoms with Crippen LogP contribution in [0.4, 0.5) is 11.4 Å². The van der Waals surface area contributed by atoms with Crippen molar-refractivity contribution in [2.24, 2.45) is 0 Å². The van der Waals surface area contributed by atoms with Crippen LogP contribution >= 0.6 is 11.6 Å². The molecule has 0 aliphatic carbocycles. The third-order valence-corrected chi connectivity index (χ3v) is 3.43. The van der Waals surface area contributed by atoms with Crippen LogP contribution in [0.1, 0.15) is 12.7 Å². The van der Waals surface area contributed by atoms with Crippen molar-refractivity contribution in [1.82, 2.24) is 4.98 Å². The molecule has 0 atom stereocenters. The van der Waals surface area contributed by atoms with E-state index in [9.17, 15) is 0 Å². The molecule has 0 saturated heterocycles. The molecular formula is C17H15ClN2O2. The van der Waals surface area contributed by atoms with Gasteiger partial charge in [-0.25, -0.2) is 0 Å². The van der Waals surface area contributed by atoms with Crippen molar-refractivity contribution in [3.63, 3.8) is 0 Å². The first-order chi connectivity index (χ1) is 10.7. The molecule has 0 aliphatic rings. The van der Waals surface area contributed by atoms with Gasteiger partial charge in [-0.2, -0.15) is 0 Å². The first-order valence-corrected chi connectivity index (χ1v) is 7.28. The Morgan fingerprint density at radius 2 is 2.09 bits per heavy atom. The van der Waals surface area contributed by atoms with E-state index in [0.717, 1.165) is 16.8 Å². The number of fused-ring (bicyclic) bond motifs is 1. The molecule has 0 spiro atoms. The fourth-order valence-electron chi connectivity index (χ4n) is 2.19. The normalized spacial score (nSPS) is 10.6. The smallest absolute Gasteiger partial charge is 0.192 e. The maximum Gasteiger partial charge on any atom is 0.192 e. The van der Waals surface area contributed by atoms with Gasteiger partial charge < -0.3 is 14.5 Å². The van der Waals surface area contributed by atoms with Crippen molar-refractivity contribution in [3.05, 3.63) is 60.1 Å². The number of nitrogens with zero attached hydrogens (tertiary/aromatic N) is 1. The molecule has 2 heterocycles. The third-order valence-electron chi connectivity index (χ3n) is 3.18. The number of ether oxygens (including phenoxy) is 1. The van der Waals surface area contributed by atoms with Gasteiger partial charge in [0.05, 0.1) is 18.5 Å². The highest BCUT2D eigenvalue weighted by molar-refractivity contribution is 6.30. The Kier molecular flexibility index (Phi) is 4.02. The molecule has 0 bridgehead atoms. The average Bonchev–Trinajstić information content (AvgIpc) is 2.89. The molecule has 3 rings (SSSR count). The van der Waals surface area contributed by atoms with E-state index >= 15 is 0 Å². The minimum absolute atomic E-state index is 0.482. The minimum atomic E-state index is 0.482. The average molecular weight is 315 g/mol. The zero-order valence-electron chi connectivity index (χ0n) is 12.1. The predicted octanol–water partition coefficient (Wildman–Crippen LogP) is 5.23. The van der Waals surface area contributed by atoms with Gasteiger partial charge in [0.15, 0.2) is 17.1 Å². The molecule has 0 amide bonds. The second-order valence-corrected chi connectivity index (χ2v) is 5.10. The lowest BCUT2D eigenvalue weighted by molar-refractivity contribution is 0.290. The number of pyridine rings is 1. The van der Waals surface area contributed by atoms with Crippen LogP contribution in [0.3, 0.4) is 0 Å². The van der Waals surface area contributed by atoms with Gasteiger partial charge in [-0.3, -0.25) is 4.98 Å². The van der Waals surface area contributed by atoms with Crippen LogP contribution in [0.5, 0.6) is 0 Å². The van der Waals surface area contributed by atoms with Gasteiger partial charge in [0.2, 0.25) is 0 Å². The van der Waals surface area contributed by atoms with Crippen LogP contribution in [0.2, 0.25) is 5.02 Å². The second kappa shape index (κ2) is 6.12. The van der Waals surface area contributed by atoms with E-state index in [4.69, 9.17) is 20.8 Å². The number of benzene rings is 1. The fraction of sp³-hybridized carbons (Fsp3) is 0.118. The summed E-state index contributed by atoms with van der Waals surface area (Å²) in [4.78, 5) is 4.08. The lowest BCUT2D eigenvalue weighted by atomic mass is 10.2. The van der Waals surface area contributed by atoms with Crippen molar-refractivity contribution in [2.75, 3.05) is 11.9 Å². The summed E-state index contributed by atoms with van der Waals surface area (Å²) >= 11 is 5.92. The van der Waals surface area contributed by atoms with E-state index in [1.54, 1.807) is 12.4 Å². The first-order valence-electron chi connectivity index (χ1n) is 6.90. The molecule has 3 aromatic rings. The van der Waals surface area contributed by atoms with Gasteiger partial charge in [0.25, 0.3) is 0 Å². The highest BCUT2D eigenvalue weighted by atomic mass is 35.5. The van der Waals surface area contributed by atoms with Crippen LogP contribution in [-0.2, 0) is 4.74 Å². The molecule has 1 aromatic carbocycles. The van der Waals surface area contributed by atoms with Gasteiger partial charge in [0.1, 0.15) is 0 Å². The van der Waals surface area contributed by atoms with Crippen molar-refractivity contribution >= 4 is 39.7 Å². The topological polar surface area (TPSA) is 47.3 Å². The summed E-state index contributed by atoms with van der Waals surface area (Å²) in [5.74, 6) is 1.05. The van der Waals surface area contributed by atoms with Gasteiger partial charge in [-0.15, -0.1) is 0 Å². The highest BCUT2D eigenvalue weighted by Gasteiger charge is 2.17. The molecule has 0 radical (unpaired) electrons. The molecule has 0 saturated carbocycles. The Morgan fingerprint density at radius 1 is 1.32 bits per heavy atom. The van der Waals surface area contributed by atoms with E-state index in [-0.39, 0.29) is 0 Å². The lowest BCUT2D eigenvalue weighted by Gasteiger charge is -2.09. The number of nitrogens with one attached hydrogen (secondary N) is 1. The number of aromatic nitrogens is 1. The molecular weight excluding hydrogens is 300 g/mol. The van der Waals surface area contributed by atoms with E-state index < -0.39 is 0 Å². The van der Waals surface area contributed by atoms with Crippen LogP contribution < -0.4 is 5.32 Å². The minimum Gasteiger partial charge on any atom is -0.491 e. The predicted molar refractivity (Wildman–Crippen MR) is 89.4 cm³/mol. The number of anilines is 2. The molecule has 22 heavy (non-hydrogen) atoms. The molecule has 0 unspecified atom stereocenters. The number of furan rings is 1. The first kappa shape index (κ1) is 14.5. The van der Waals surface area contributed by atoms with Crippen molar-refractivity contribution in [3.8, 4) is 0 Å². The summed E-state index contributed by atoms with van der Waals surface area (Å²) in [7, 11) is 0. The zero-order valence-corrected chi connectivity index (χ0v) is 12.9. The Morgan fingerprint density at radius 3 is 2.82 bits per heavy atom. The number of rotatable bonds is 5. The molecule has 0 fully saturated rings. The molecule has 112 valence electrons. The monoisotopic (exact) mass is 314 g/mol. The summed E-state index contributed by atoms with van der Waals surface area (Å²) in [5, 5.41) is 4.94. The van der Waals surface area contributed by atoms with Crippen molar-refractivity contribution < 1.29 is 9.15 Å². The summed E-state index contributed by atoms with van der Waals surface area (Å²) in [6, 6.07) is 9.33.